The van der Waals surface area contributed by atoms with Crippen molar-refractivity contribution in [1.29, 1.82) is 0 Å². The van der Waals surface area contributed by atoms with Gasteiger partial charge >= 0.3 is 0 Å². The monoisotopic (exact) mass is 582 g/mol. The Kier molecular flexibility index (Phi) is 12.6. The topological polar surface area (TPSA) is 99.1 Å². The van der Waals surface area contributed by atoms with E-state index in [1.165, 1.54) is 6.07 Å². The molecule has 42 heavy (non-hydrogen) atoms. The molecule has 1 unspecified atom stereocenters. The van der Waals surface area contributed by atoms with Gasteiger partial charge in [-0.25, -0.2) is 8.78 Å². The Balaban J connectivity index is 1.81. The Morgan fingerprint density at radius 2 is 1.50 bits per heavy atom. The van der Waals surface area contributed by atoms with Crippen LogP contribution in [-0.4, -0.2) is 64.9 Å². The number of halogens is 2. The average molecular weight is 583 g/mol. The molecule has 0 bridgehead atoms. The van der Waals surface area contributed by atoms with Crippen LogP contribution in [0.1, 0.15) is 64.1 Å². The summed E-state index contributed by atoms with van der Waals surface area (Å²) in [5.74, 6) is -2.40. The molecular formula is C33H40F2N2O5. The zero-order valence-corrected chi connectivity index (χ0v) is 24.4. The van der Waals surface area contributed by atoms with Gasteiger partial charge in [0.25, 0.3) is 11.8 Å². The highest BCUT2D eigenvalue weighted by Crippen LogP contribution is 2.17. The van der Waals surface area contributed by atoms with Gasteiger partial charge in [-0.3, -0.25) is 9.59 Å². The number of ether oxygens (including phenoxy) is 1. The number of nitrogens with one attached hydrogen (secondary N) is 1. The summed E-state index contributed by atoms with van der Waals surface area (Å²) >= 11 is 0. The van der Waals surface area contributed by atoms with E-state index in [4.69, 9.17) is 4.74 Å². The van der Waals surface area contributed by atoms with Gasteiger partial charge in [-0.05, 0) is 73.2 Å². The van der Waals surface area contributed by atoms with Gasteiger partial charge in [0.15, 0.2) is 0 Å². The third-order valence-electron chi connectivity index (χ3n) is 6.76. The first-order valence-electron chi connectivity index (χ1n) is 14.3. The number of nitrogens with zero attached hydrogens (tertiary/aromatic N) is 1. The summed E-state index contributed by atoms with van der Waals surface area (Å²) in [5, 5.41) is 24.5. The molecule has 226 valence electrons. The fourth-order valence-electron chi connectivity index (χ4n) is 4.81. The van der Waals surface area contributed by atoms with Crippen molar-refractivity contribution in [3.8, 4) is 0 Å². The fraction of sp³-hybridized carbons (Fsp3) is 0.394. The van der Waals surface area contributed by atoms with Crippen molar-refractivity contribution in [2.75, 3.05) is 19.7 Å². The van der Waals surface area contributed by atoms with Gasteiger partial charge < -0.3 is 25.2 Å². The molecule has 0 aliphatic rings. The Morgan fingerprint density at radius 1 is 0.881 bits per heavy atom. The van der Waals surface area contributed by atoms with Crippen molar-refractivity contribution in [2.24, 2.45) is 0 Å². The molecular weight excluding hydrogens is 542 g/mol. The molecule has 3 N–H and O–H groups in total. The first-order valence-corrected chi connectivity index (χ1v) is 14.3. The van der Waals surface area contributed by atoms with E-state index < -0.39 is 35.8 Å². The number of carbonyl (C=O) groups excluding carboxylic acids is 2. The predicted octanol–water partition coefficient (Wildman–Crippen LogP) is 4.82. The maximum Gasteiger partial charge on any atom is 0.253 e. The first kappa shape index (κ1) is 32.8. The van der Waals surface area contributed by atoms with E-state index in [1.807, 2.05) is 44.2 Å². The van der Waals surface area contributed by atoms with Crippen LogP contribution in [0.5, 0.6) is 0 Å². The van der Waals surface area contributed by atoms with Crippen molar-refractivity contribution >= 4 is 11.8 Å². The van der Waals surface area contributed by atoms with Crippen LogP contribution in [0.4, 0.5) is 8.78 Å². The van der Waals surface area contributed by atoms with Gasteiger partial charge in [0, 0.05) is 30.3 Å². The molecule has 3 aromatic rings. The van der Waals surface area contributed by atoms with E-state index >= 15 is 0 Å². The van der Waals surface area contributed by atoms with E-state index in [-0.39, 0.29) is 36.7 Å². The van der Waals surface area contributed by atoms with Crippen molar-refractivity contribution < 1.29 is 33.3 Å². The summed E-state index contributed by atoms with van der Waals surface area (Å²) < 4.78 is 33.4. The second-order valence-corrected chi connectivity index (χ2v) is 10.5. The molecule has 0 saturated carbocycles. The molecule has 0 aliphatic carbocycles. The number of amides is 2. The van der Waals surface area contributed by atoms with Crippen molar-refractivity contribution in [3.05, 3.63) is 106 Å². The summed E-state index contributed by atoms with van der Waals surface area (Å²) in [4.78, 5) is 28.4. The van der Waals surface area contributed by atoms with Crippen LogP contribution >= 0.6 is 0 Å². The van der Waals surface area contributed by atoms with Gasteiger partial charge in [-0.1, -0.05) is 44.2 Å². The molecule has 7 nitrogen and oxygen atoms in total. The zero-order valence-electron chi connectivity index (χ0n) is 24.4. The summed E-state index contributed by atoms with van der Waals surface area (Å²) in [7, 11) is 0. The molecule has 0 aliphatic heterocycles. The molecule has 0 spiro atoms. The minimum atomic E-state index is -1.54. The number of hydrogen-bond acceptors (Lipinski definition) is 5. The molecule has 3 aromatic carbocycles. The molecule has 0 heterocycles. The van der Waals surface area contributed by atoms with Crippen LogP contribution in [0.15, 0.2) is 66.7 Å². The lowest BCUT2D eigenvalue weighted by atomic mass is 9.96. The van der Waals surface area contributed by atoms with Crippen LogP contribution < -0.4 is 5.32 Å². The van der Waals surface area contributed by atoms with E-state index in [1.54, 1.807) is 24.0 Å². The third-order valence-corrected chi connectivity index (χ3v) is 6.76. The number of aliphatic hydroxyl groups excluding tert-OH is 2. The normalized spacial score (nSPS) is 13.3. The van der Waals surface area contributed by atoms with E-state index in [2.05, 4.69) is 5.32 Å². The second kappa shape index (κ2) is 16.1. The van der Waals surface area contributed by atoms with Gasteiger partial charge in [-0.2, -0.15) is 0 Å². The lowest BCUT2D eigenvalue weighted by molar-refractivity contribution is -0.0543. The molecule has 0 radical (unpaired) electrons. The number of aliphatic hydroxyl groups is 2. The van der Waals surface area contributed by atoms with E-state index in [9.17, 15) is 28.6 Å². The summed E-state index contributed by atoms with van der Waals surface area (Å²) in [6.07, 6.45) is -1.53. The molecule has 0 aromatic heterocycles. The first-order chi connectivity index (χ1) is 20.1. The number of aryl methyl sites for hydroxylation is 1. The minimum Gasteiger partial charge on any atom is -0.388 e. The van der Waals surface area contributed by atoms with Gasteiger partial charge in [0.2, 0.25) is 0 Å². The number of hydrogen-bond donors (Lipinski definition) is 3. The fourth-order valence-corrected chi connectivity index (χ4v) is 4.81. The minimum absolute atomic E-state index is 0.171. The number of carbonyl (C=O) groups is 2. The largest absolute Gasteiger partial charge is 0.388 e. The Bertz CT molecular complexity index is 1290. The lowest BCUT2D eigenvalue weighted by Gasteiger charge is -2.28. The van der Waals surface area contributed by atoms with Crippen molar-refractivity contribution in [2.45, 2.75) is 64.9 Å². The second-order valence-electron chi connectivity index (χ2n) is 10.5. The highest BCUT2D eigenvalue weighted by molar-refractivity contribution is 6.00. The smallest absolute Gasteiger partial charge is 0.253 e. The SMILES string of the molecule is CCCN(CCC)C(=O)c1cc(C)cc(C(=O)N[C@@H](Cc2cc(F)cc(F)c2)[C@@H](O)C(O)COCc2ccccc2)c1. The summed E-state index contributed by atoms with van der Waals surface area (Å²) in [6.45, 7) is 6.88. The molecule has 9 heteroatoms. The molecule has 2 amide bonds. The van der Waals surface area contributed by atoms with E-state index in [0.717, 1.165) is 36.6 Å². The third kappa shape index (κ3) is 9.72. The van der Waals surface area contributed by atoms with Crippen LogP contribution in [-0.2, 0) is 17.8 Å². The van der Waals surface area contributed by atoms with Crippen molar-refractivity contribution in [1.82, 2.24) is 10.2 Å². The van der Waals surface area contributed by atoms with Crippen LogP contribution in [0.2, 0.25) is 0 Å². The highest BCUT2D eigenvalue weighted by atomic mass is 19.1. The zero-order chi connectivity index (χ0) is 30.6. The van der Waals surface area contributed by atoms with Gasteiger partial charge in [0.05, 0.1) is 19.3 Å². The van der Waals surface area contributed by atoms with Crippen LogP contribution in [0, 0.1) is 18.6 Å². The maximum absolute atomic E-state index is 13.9. The average Bonchev–Trinajstić information content (AvgIpc) is 2.95. The quantitative estimate of drug-likeness (QED) is 0.239. The Labute approximate surface area is 246 Å². The number of rotatable bonds is 15. The van der Waals surface area contributed by atoms with Crippen LogP contribution in [0.25, 0.3) is 0 Å². The van der Waals surface area contributed by atoms with Gasteiger partial charge in [0.1, 0.15) is 23.8 Å². The van der Waals surface area contributed by atoms with Crippen LogP contribution in [0.3, 0.4) is 0 Å². The van der Waals surface area contributed by atoms with E-state index in [0.29, 0.717) is 24.2 Å². The summed E-state index contributed by atoms with van der Waals surface area (Å²) in [5.41, 5.74) is 2.30. The lowest BCUT2D eigenvalue weighted by Crippen LogP contribution is -2.51. The predicted molar refractivity (Wildman–Crippen MR) is 157 cm³/mol. The van der Waals surface area contributed by atoms with Crippen molar-refractivity contribution in [3.63, 3.8) is 0 Å². The molecule has 3 rings (SSSR count). The number of benzene rings is 3. The standard InChI is InChI=1S/C33H40F2N2O5/c1-4-11-37(12-5-2)33(41)26-14-22(3)13-25(18-26)32(40)36-29(17-24-15-27(34)19-28(35)16-24)31(39)30(38)21-42-20-23-9-7-6-8-10-23/h6-10,13-16,18-19,29-31,38-39H,4-5,11-12,17,20-21H2,1-3H3,(H,36,40)/t29-,30?,31+/m0/s1. The maximum atomic E-state index is 13.9. The Hall–Kier alpha value is -3.66. The highest BCUT2D eigenvalue weighted by Gasteiger charge is 2.29. The Morgan fingerprint density at radius 3 is 2.12 bits per heavy atom. The summed E-state index contributed by atoms with van der Waals surface area (Å²) in [6, 6.07) is 15.9. The van der Waals surface area contributed by atoms with Gasteiger partial charge in [-0.15, -0.1) is 0 Å². The molecule has 0 saturated heterocycles. The molecule has 3 atom stereocenters. The molecule has 0 fully saturated rings.